The summed E-state index contributed by atoms with van der Waals surface area (Å²) in [5.74, 6) is -1.13. The van der Waals surface area contributed by atoms with Crippen molar-refractivity contribution in [1.29, 1.82) is 0 Å². The van der Waals surface area contributed by atoms with E-state index in [9.17, 15) is 9.59 Å². The Morgan fingerprint density at radius 2 is 1.96 bits per heavy atom. The summed E-state index contributed by atoms with van der Waals surface area (Å²) in [4.78, 5) is 28.7. The van der Waals surface area contributed by atoms with E-state index in [0.29, 0.717) is 16.4 Å². The molecule has 3 rings (SSSR count). The molecule has 0 bridgehead atoms. The predicted molar refractivity (Wildman–Crippen MR) is 94.9 cm³/mol. The van der Waals surface area contributed by atoms with Crippen LogP contribution in [0.15, 0.2) is 48.7 Å². The summed E-state index contributed by atoms with van der Waals surface area (Å²) in [6.07, 6.45) is 0.598. The summed E-state index contributed by atoms with van der Waals surface area (Å²) in [6, 6.07) is 12.4. The fourth-order valence-corrected chi connectivity index (χ4v) is 2.50. The number of pyridine rings is 1. The van der Waals surface area contributed by atoms with Gasteiger partial charge in [0.15, 0.2) is 11.8 Å². The highest BCUT2D eigenvalue weighted by molar-refractivity contribution is 6.33. The van der Waals surface area contributed by atoms with Crippen LogP contribution in [0.5, 0.6) is 0 Å². The van der Waals surface area contributed by atoms with Crippen molar-refractivity contribution in [1.82, 2.24) is 9.38 Å². The number of esters is 1. The first-order chi connectivity index (χ1) is 12.0. The van der Waals surface area contributed by atoms with E-state index >= 15 is 0 Å². The number of carbonyl (C=O) groups excluding carboxylic acids is 2. The van der Waals surface area contributed by atoms with E-state index in [0.717, 1.165) is 5.69 Å². The number of nitrogens with one attached hydrogen (secondary N) is 1. The van der Waals surface area contributed by atoms with Gasteiger partial charge in [-0.25, -0.2) is 9.78 Å². The van der Waals surface area contributed by atoms with E-state index in [1.807, 2.05) is 19.1 Å². The van der Waals surface area contributed by atoms with E-state index in [-0.39, 0.29) is 5.69 Å². The van der Waals surface area contributed by atoms with Crippen molar-refractivity contribution in [2.45, 2.75) is 20.0 Å². The van der Waals surface area contributed by atoms with E-state index in [1.54, 1.807) is 40.9 Å². The van der Waals surface area contributed by atoms with Crippen LogP contribution in [0.4, 0.5) is 5.69 Å². The number of fused-ring (bicyclic) bond motifs is 1. The number of anilines is 1. The van der Waals surface area contributed by atoms with Crippen LogP contribution in [0.25, 0.3) is 5.65 Å². The highest BCUT2D eigenvalue weighted by Gasteiger charge is 2.21. The number of nitrogens with zero attached hydrogens (tertiary/aromatic N) is 2. The Hall–Kier alpha value is -2.86. The van der Waals surface area contributed by atoms with Crippen molar-refractivity contribution in [3.05, 3.63) is 65.1 Å². The maximum absolute atomic E-state index is 12.3. The molecule has 0 aliphatic heterocycles. The number of para-hydroxylation sites is 1. The maximum atomic E-state index is 12.3. The second kappa shape index (κ2) is 6.94. The van der Waals surface area contributed by atoms with Crippen molar-refractivity contribution in [3.63, 3.8) is 0 Å². The fourth-order valence-electron chi connectivity index (χ4n) is 2.32. The minimum Gasteiger partial charge on any atom is -0.448 e. The highest BCUT2D eigenvalue weighted by Crippen LogP contribution is 2.20. The molecular weight excluding hydrogens is 342 g/mol. The Morgan fingerprint density at radius 3 is 2.68 bits per heavy atom. The quantitative estimate of drug-likeness (QED) is 0.725. The maximum Gasteiger partial charge on any atom is 0.359 e. The lowest BCUT2D eigenvalue weighted by molar-refractivity contribution is -0.123. The molecule has 0 aliphatic rings. The van der Waals surface area contributed by atoms with Crippen molar-refractivity contribution >= 4 is 34.8 Å². The fraction of sp³-hybridized carbons (Fsp3) is 0.167. The highest BCUT2D eigenvalue weighted by atomic mass is 35.5. The zero-order chi connectivity index (χ0) is 18.0. The standard InChI is InChI=1S/C18H16ClN3O3/c1-11-6-5-9-16-20-15(10-22(11)16)18(24)25-12(2)17(23)21-14-8-4-3-7-13(14)19/h3-10,12H,1-2H3,(H,21,23)/t12-/m1/s1. The molecule has 0 unspecified atom stereocenters. The number of imidazole rings is 1. The van der Waals surface area contributed by atoms with Crippen LogP contribution in [-0.4, -0.2) is 27.4 Å². The summed E-state index contributed by atoms with van der Waals surface area (Å²) in [6.45, 7) is 3.40. The lowest BCUT2D eigenvalue weighted by Crippen LogP contribution is -2.30. The van der Waals surface area contributed by atoms with E-state index < -0.39 is 18.0 Å². The summed E-state index contributed by atoms with van der Waals surface area (Å²) in [5, 5.41) is 3.04. The number of aromatic nitrogens is 2. The molecule has 128 valence electrons. The molecule has 0 fully saturated rings. The minimum atomic E-state index is -0.991. The largest absolute Gasteiger partial charge is 0.448 e. The number of hydrogen-bond acceptors (Lipinski definition) is 4. The number of amides is 1. The first kappa shape index (κ1) is 17.0. The summed E-state index contributed by atoms with van der Waals surface area (Å²) in [7, 11) is 0. The van der Waals surface area contributed by atoms with Gasteiger partial charge in [0, 0.05) is 11.9 Å². The van der Waals surface area contributed by atoms with Crippen molar-refractivity contribution in [2.24, 2.45) is 0 Å². The third kappa shape index (κ3) is 3.64. The van der Waals surface area contributed by atoms with Crippen molar-refractivity contribution in [2.75, 3.05) is 5.32 Å². The molecule has 0 saturated heterocycles. The van der Waals surface area contributed by atoms with Gasteiger partial charge < -0.3 is 14.5 Å². The van der Waals surface area contributed by atoms with Gasteiger partial charge in [-0.15, -0.1) is 0 Å². The molecule has 1 atom stereocenters. The van der Waals surface area contributed by atoms with Crippen LogP contribution in [0.3, 0.4) is 0 Å². The molecule has 7 heteroatoms. The van der Waals surface area contributed by atoms with Gasteiger partial charge >= 0.3 is 5.97 Å². The molecular formula is C18H16ClN3O3. The van der Waals surface area contributed by atoms with Crippen LogP contribution < -0.4 is 5.32 Å². The summed E-state index contributed by atoms with van der Waals surface area (Å²) in [5.41, 5.74) is 2.18. The van der Waals surface area contributed by atoms with Crippen LogP contribution in [-0.2, 0) is 9.53 Å². The Bertz CT molecular complexity index is 952. The van der Waals surface area contributed by atoms with Gasteiger partial charge in [0.1, 0.15) is 5.65 Å². The lowest BCUT2D eigenvalue weighted by Gasteiger charge is -2.13. The molecule has 25 heavy (non-hydrogen) atoms. The topological polar surface area (TPSA) is 72.7 Å². The molecule has 0 radical (unpaired) electrons. The smallest absolute Gasteiger partial charge is 0.359 e. The third-order valence-corrected chi connectivity index (χ3v) is 4.02. The first-order valence-electron chi connectivity index (χ1n) is 7.67. The second-order valence-corrected chi connectivity index (χ2v) is 5.95. The number of benzene rings is 1. The molecule has 0 aliphatic carbocycles. The molecule has 2 aromatic heterocycles. The SMILES string of the molecule is Cc1cccc2nc(C(=O)O[C@H](C)C(=O)Nc3ccccc3Cl)cn12. The molecule has 1 amide bonds. The molecule has 6 nitrogen and oxygen atoms in total. The van der Waals surface area contributed by atoms with Gasteiger partial charge in [-0.05, 0) is 38.1 Å². The van der Waals surface area contributed by atoms with E-state index in [1.165, 1.54) is 6.92 Å². The van der Waals surface area contributed by atoms with Gasteiger partial charge in [-0.3, -0.25) is 4.79 Å². The predicted octanol–water partition coefficient (Wildman–Crippen LogP) is 3.48. The van der Waals surface area contributed by atoms with Crippen LogP contribution in [0.2, 0.25) is 5.02 Å². The number of ether oxygens (including phenoxy) is 1. The third-order valence-electron chi connectivity index (χ3n) is 3.69. The number of hydrogen-bond donors (Lipinski definition) is 1. The summed E-state index contributed by atoms with van der Waals surface area (Å²) >= 11 is 6.00. The average Bonchev–Trinajstić information content (AvgIpc) is 3.02. The molecule has 1 N–H and O–H groups in total. The number of rotatable bonds is 4. The van der Waals surface area contributed by atoms with Gasteiger partial charge in [0.05, 0.1) is 10.7 Å². The van der Waals surface area contributed by atoms with Crippen molar-refractivity contribution < 1.29 is 14.3 Å². The lowest BCUT2D eigenvalue weighted by atomic mass is 10.3. The van der Waals surface area contributed by atoms with Crippen LogP contribution >= 0.6 is 11.6 Å². The van der Waals surface area contributed by atoms with Crippen molar-refractivity contribution in [3.8, 4) is 0 Å². The van der Waals surface area contributed by atoms with Gasteiger partial charge in [-0.1, -0.05) is 29.8 Å². The Morgan fingerprint density at radius 1 is 1.20 bits per heavy atom. The van der Waals surface area contributed by atoms with Gasteiger partial charge in [-0.2, -0.15) is 0 Å². The monoisotopic (exact) mass is 357 g/mol. The molecule has 0 saturated carbocycles. The Balaban J connectivity index is 1.70. The number of carbonyl (C=O) groups is 2. The zero-order valence-corrected chi connectivity index (χ0v) is 14.4. The van der Waals surface area contributed by atoms with Crippen LogP contribution in [0.1, 0.15) is 23.1 Å². The van der Waals surface area contributed by atoms with E-state index in [2.05, 4.69) is 10.3 Å². The molecule has 3 aromatic rings. The minimum absolute atomic E-state index is 0.145. The Kier molecular flexibility index (Phi) is 4.72. The zero-order valence-electron chi connectivity index (χ0n) is 13.7. The normalized spacial score (nSPS) is 12.0. The van der Waals surface area contributed by atoms with Gasteiger partial charge in [0.2, 0.25) is 0 Å². The van der Waals surface area contributed by atoms with E-state index in [4.69, 9.17) is 16.3 Å². The van der Waals surface area contributed by atoms with Crippen LogP contribution in [0, 0.1) is 6.92 Å². The summed E-state index contributed by atoms with van der Waals surface area (Å²) < 4.78 is 6.99. The average molecular weight is 358 g/mol. The number of aryl methyl sites for hydroxylation is 1. The first-order valence-corrected chi connectivity index (χ1v) is 8.04. The molecule has 2 heterocycles. The Labute approximate surface area is 149 Å². The number of halogens is 1. The second-order valence-electron chi connectivity index (χ2n) is 5.54. The molecule has 0 spiro atoms. The molecule has 1 aromatic carbocycles. The van der Waals surface area contributed by atoms with Gasteiger partial charge in [0.25, 0.3) is 5.91 Å².